The minimum atomic E-state index is 0.151. The summed E-state index contributed by atoms with van der Waals surface area (Å²) in [6.45, 7) is 8.28. The zero-order valence-electron chi connectivity index (χ0n) is 17.1. The van der Waals surface area contributed by atoms with Gasteiger partial charge in [0.25, 0.3) is 0 Å². The SMILES string of the molecule is CCCOc1ccc(N2CCC(Oc3ccc([C@H](C)CC(C)=O)cc3)C2)nc1. The van der Waals surface area contributed by atoms with E-state index in [1.54, 1.807) is 13.1 Å². The summed E-state index contributed by atoms with van der Waals surface area (Å²) in [5, 5.41) is 0. The van der Waals surface area contributed by atoms with E-state index in [2.05, 4.69) is 35.9 Å². The molecule has 0 saturated carbocycles. The number of ether oxygens (including phenoxy) is 2. The van der Waals surface area contributed by atoms with Gasteiger partial charge in [0, 0.05) is 19.4 Å². The van der Waals surface area contributed by atoms with E-state index in [1.165, 1.54) is 5.56 Å². The van der Waals surface area contributed by atoms with Crippen molar-refractivity contribution in [3.05, 3.63) is 48.2 Å². The summed E-state index contributed by atoms with van der Waals surface area (Å²) < 4.78 is 11.8. The molecule has 2 atom stereocenters. The van der Waals surface area contributed by atoms with E-state index in [9.17, 15) is 4.79 Å². The summed E-state index contributed by atoms with van der Waals surface area (Å²) in [6.07, 6.45) is 4.48. The van der Waals surface area contributed by atoms with Gasteiger partial charge in [-0.2, -0.15) is 0 Å². The van der Waals surface area contributed by atoms with Gasteiger partial charge in [0.1, 0.15) is 29.2 Å². The van der Waals surface area contributed by atoms with Crippen molar-refractivity contribution in [2.75, 3.05) is 24.6 Å². The van der Waals surface area contributed by atoms with Crippen LogP contribution in [0, 0.1) is 0 Å². The van der Waals surface area contributed by atoms with Crippen LogP contribution in [0.5, 0.6) is 11.5 Å². The molecule has 1 fully saturated rings. The van der Waals surface area contributed by atoms with Gasteiger partial charge in [0.15, 0.2) is 0 Å². The third-order valence-corrected chi connectivity index (χ3v) is 5.01. The van der Waals surface area contributed by atoms with Crippen LogP contribution in [0.3, 0.4) is 0 Å². The number of anilines is 1. The second-order valence-electron chi connectivity index (χ2n) is 7.55. The second-order valence-corrected chi connectivity index (χ2v) is 7.55. The molecule has 2 heterocycles. The normalized spacial score (nSPS) is 17.4. The van der Waals surface area contributed by atoms with E-state index in [4.69, 9.17) is 9.47 Å². The summed E-state index contributed by atoms with van der Waals surface area (Å²) in [7, 11) is 0. The predicted octanol–water partition coefficient (Wildman–Crippen LogP) is 4.61. The molecule has 0 radical (unpaired) electrons. The van der Waals surface area contributed by atoms with Gasteiger partial charge < -0.3 is 19.2 Å². The van der Waals surface area contributed by atoms with E-state index in [0.717, 1.165) is 43.2 Å². The first-order valence-corrected chi connectivity index (χ1v) is 10.1. The van der Waals surface area contributed by atoms with E-state index >= 15 is 0 Å². The Morgan fingerprint density at radius 1 is 1.21 bits per heavy atom. The van der Waals surface area contributed by atoms with Crippen molar-refractivity contribution < 1.29 is 14.3 Å². The van der Waals surface area contributed by atoms with Gasteiger partial charge in [0.2, 0.25) is 0 Å². The van der Waals surface area contributed by atoms with Gasteiger partial charge in [-0.3, -0.25) is 0 Å². The number of aromatic nitrogens is 1. The molecule has 1 aliphatic rings. The molecule has 0 N–H and O–H groups in total. The molecule has 1 aromatic carbocycles. The lowest BCUT2D eigenvalue weighted by atomic mass is 9.96. The zero-order valence-corrected chi connectivity index (χ0v) is 17.1. The van der Waals surface area contributed by atoms with Crippen molar-refractivity contribution in [1.82, 2.24) is 4.98 Å². The molecule has 0 amide bonds. The van der Waals surface area contributed by atoms with Crippen molar-refractivity contribution in [2.24, 2.45) is 0 Å². The Morgan fingerprint density at radius 3 is 2.61 bits per heavy atom. The van der Waals surface area contributed by atoms with Crippen LogP contribution < -0.4 is 14.4 Å². The fourth-order valence-corrected chi connectivity index (χ4v) is 3.51. The summed E-state index contributed by atoms with van der Waals surface area (Å²) in [6, 6.07) is 12.1. The maximum Gasteiger partial charge on any atom is 0.137 e. The van der Waals surface area contributed by atoms with Gasteiger partial charge in [0.05, 0.1) is 19.3 Å². The number of hydrogen-bond acceptors (Lipinski definition) is 5. The van der Waals surface area contributed by atoms with Crippen LogP contribution in [0.1, 0.15) is 51.5 Å². The Labute approximate surface area is 167 Å². The molecule has 5 nitrogen and oxygen atoms in total. The second kappa shape index (κ2) is 9.58. The van der Waals surface area contributed by atoms with E-state index in [1.807, 2.05) is 24.3 Å². The van der Waals surface area contributed by atoms with Crippen LogP contribution in [0.25, 0.3) is 0 Å². The maximum atomic E-state index is 11.3. The van der Waals surface area contributed by atoms with Crippen molar-refractivity contribution in [3.63, 3.8) is 0 Å². The highest BCUT2D eigenvalue weighted by Gasteiger charge is 2.25. The third kappa shape index (κ3) is 5.47. The maximum absolute atomic E-state index is 11.3. The number of nitrogens with zero attached hydrogens (tertiary/aromatic N) is 2. The lowest BCUT2D eigenvalue weighted by molar-refractivity contribution is -0.117. The number of carbonyl (C=O) groups excluding carboxylic acids is 1. The molecule has 0 aliphatic carbocycles. The molecular formula is C23H30N2O3. The Hall–Kier alpha value is -2.56. The molecule has 1 unspecified atom stereocenters. The molecule has 2 aromatic rings. The molecule has 1 saturated heterocycles. The van der Waals surface area contributed by atoms with Crippen LogP contribution in [0.15, 0.2) is 42.6 Å². The number of benzene rings is 1. The minimum Gasteiger partial charge on any atom is -0.492 e. The number of pyridine rings is 1. The number of Topliss-reactive ketones (excluding diaryl/α,β-unsaturated/α-hetero) is 1. The Bertz CT molecular complexity index is 758. The molecule has 0 bridgehead atoms. The Kier molecular flexibility index (Phi) is 6.90. The standard InChI is InChI=1S/C23H30N2O3/c1-4-13-27-21-9-10-23(24-15-21)25-12-11-22(16-25)28-20-7-5-19(6-8-20)17(2)14-18(3)26/h5-10,15,17,22H,4,11-14,16H2,1-3H3/t17-,22?/m1/s1. The lowest BCUT2D eigenvalue weighted by Crippen LogP contribution is -2.25. The van der Waals surface area contributed by atoms with Crippen molar-refractivity contribution >= 4 is 11.6 Å². The van der Waals surface area contributed by atoms with Crippen LogP contribution >= 0.6 is 0 Å². The Morgan fingerprint density at radius 2 is 1.96 bits per heavy atom. The van der Waals surface area contributed by atoms with Crippen LogP contribution in [-0.4, -0.2) is 36.6 Å². The number of hydrogen-bond donors (Lipinski definition) is 0. The topological polar surface area (TPSA) is 51.7 Å². The average molecular weight is 383 g/mol. The smallest absolute Gasteiger partial charge is 0.137 e. The average Bonchev–Trinajstić information content (AvgIpc) is 3.15. The highest BCUT2D eigenvalue weighted by atomic mass is 16.5. The Balaban J connectivity index is 1.52. The van der Waals surface area contributed by atoms with Crippen molar-refractivity contribution in [1.29, 1.82) is 0 Å². The highest BCUT2D eigenvalue weighted by molar-refractivity contribution is 5.76. The van der Waals surface area contributed by atoms with Crippen molar-refractivity contribution in [2.45, 2.75) is 52.1 Å². The van der Waals surface area contributed by atoms with Gasteiger partial charge in [-0.1, -0.05) is 26.0 Å². The molecule has 150 valence electrons. The van der Waals surface area contributed by atoms with Crippen LogP contribution in [0.2, 0.25) is 0 Å². The molecule has 0 spiro atoms. The molecule has 5 heteroatoms. The monoisotopic (exact) mass is 382 g/mol. The lowest BCUT2D eigenvalue weighted by Gasteiger charge is -2.18. The molecule has 1 aromatic heterocycles. The first-order chi connectivity index (χ1) is 13.5. The largest absolute Gasteiger partial charge is 0.492 e. The molecular weight excluding hydrogens is 352 g/mol. The van der Waals surface area contributed by atoms with E-state index in [-0.39, 0.29) is 17.8 Å². The van der Waals surface area contributed by atoms with Gasteiger partial charge >= 0.3 is 0 Å². The van der Waals surface area contributed by atoms with Crippen LogP contribution in [-0.2, 0) is 4.79 Å². The van der Waals surface area contributed by atoms with Gasteiger partial charge in [-0.25, -0.2) is 4.98 Å². The first-order valence-electron chi connectivity index (χ1n) is 10.1. The highest BCUT2D eigenvalue weighted by Crippen LogP contribution is 2.26. The molecule has 28 heavy (non-hydrogen) atoms. The fraction of sp³-hybridized carbons (Fsp3) is 0.478. The van der Waals surface area contributed by atoms with Gasteiger partial charge in [-0.15, -0.1) is 0 Å². The number of carbonyl (C=O) groups is 1. The van der Waals surface area contributed by atoms with Crippen LogP contribution in [0.4, 0.5) is 5.82 Å². The zero-order chi connectivity index (χ0) is 19.9. The van der Waals surface area contributed by atoms with E-state index in [0.29, 0.717) is 13.0 Å². The number of rotatable bonds is 9. The predicted molar refractivity (Wildman–Crippen MR) is 111 cm³/mol. The third-order valence-electron chi connectivity index (χ3n) is 5.01. The first kappa shape index (κ1) is 20.2. The van der Waals surface area contributed by atoms with E-state index < -0.39 is 0 Å². The van der Waals surface area contributed by atoms with Gasteiger partial charge in [-0.05, 0) is 49.1 Å². The summed E-state index contributed by atoms with van der Waals surface area (Å²) >= 11 is 0. The quantitative estimate of drug-likeness (QED) is 0.634. The summed E-state index contributed by atoms with van der Waals surface area (Å²) in [4.78, 5) is 18.1. The molecule has 1 aliphatic heterocycles. The molecule has 3 rings (SSSR count). The minimum absolute atomic E-state index is 0.151. The number of ketones is 1. The summed E-state index contributed by atoms with van der Waals surface area (Å²) in [5.41, 5.74) is 1.17. The summed E-state index contributed by atoms with van der Waals surface area (Å²) in [5.74, 6) is 3.11. The van der Waals surface area contributed by atoms with Crippen molar-refractivity contribution in [3.8, 4) is 11.5 Å². The fourth-order valence-electron chi connectivity index (χ4n) is 3.51.